The maximum absolute atomic E-state index is 11.9. The van der Waals surface area contributed by atoms with Crippen LogP contribution >= 0.6 is 0 Å². The second-order valence-corrected chi connectivity index (χ2v) is 5.60. The van der Waals surface area contributed by atoms with Crippen LogP contribution < -0.4 is 0 Å². The number of rotatable bonds is 5. The van der Waals surface area contributed by atoms with Crippen LogP contribution in [0, 0.1) is 11.3 Å². The number of carboxylic acid groups (broad SMARTS) is 1. The summed E-state index contributed by atoms with van der Waals surface area (Å²) in [7, 11) is 0. The van der Waals surface area contributed by atoms with Gasteiger partial charge in [0.05, 0.1) is 5.92 Å². The monoisotopic (exact) mass is 248 g/mol. The first-order chi connectivity index (χ1) is 8.30. The van der Waals surface area contributed by atoms with Crippen LogP contribution in [0.3, 0.4) is 0 Å². The molecule has 0 saturated heterocycles. The van der Waals surface area contributed by atoms with Gasteiger partial charge < -0.3 is 5.11 Å². The van der Waals surface area contributed by atoms with E-state index in [0.717, 1.165) is 5.56 Å². The highest BCUT2D eigenvalue weighted by molar-refractivity contribution is 5.87. The van der Waals surface area contributed by atoms with Crippen LogP contribution in [-0.2, 0) is 16.0 Å². The quantitative estimate of drug-likeness (QED) is 0.871. The predicted molar refractivity (Wildman–Crippen MR) is 70.4 cm³/mol. The Balaban J connectivity index is 2.73. The first-order valence-electron chi connectivity index (χ1n) is 6.10. The molecule has 0 aromatic heterocycles. The van der Waals surface area contributed by atoms with E-state index < -0.39 is 17.3 Å². The van der Waals surface area contributed by atoms with Gasteiger partial charge in [-0.2, -0.15) is 0 Å². The Morgan fingerprint density at radius 3 is 2.17 bits per heavy atom. The molecule has 1 atom stereocenters. The molecule has 0 amide bonds. The van der Waals surface area contributed by atoms with Crippen molar-refractivity contribution in [1.82, 2.24) is 0 Å². The molecule has 1 N–H and O–H groups in total. The topological polar surface area (TPSA) is 54.4 Å². The van der Waals surface area contributed by atoms with E-state index >= 15 is 0 Å². The van der Waals surface area contributed by atoms with E-state index in [1.807, 2.05) is 51.1 Å². The molecule has 0 saturated carbocycles. The Hall–Kier alpha value is -1.64. The Kier molecular flexibility index (Phi) is 4.65. The number of aliphatic carboxylic acids is 1. The summed E-state index contributed by atoms with van der Waals surface area (Å²) in [6.45, 7) is 5.45. The summed E-state index contributed by atoms with van der Waals surface area (Å²) < 4.78 is 0. The lowest BCUT2D eigenvalue weighted by molar-refractivity contribution is -0.144. The van der Waals surface area contributed by atoms with Gasteiger partial charge >= 0.3 is 5.97 Å². The van der Waals surface area contributed by atoms with Crippen molar-refractivity contribution in [2.75, 3.05) is 0 Å². The molecule has 0 bridgehead atoms. The fourth-order valence-electron chi connectivity index (χ4n) is 1.68. The first-order valence-corrected chi connectivity index (χ1v) is 6.10. The number of carboxylic acids is 1. The third-order valence-electron chi connectivity index (χ3n) is 2.94. The highest BCUT2D eigenvalue weighted by atomic mass is 16.4. The van der Waals surface area contributed by atoms with Gasteiger partial charge in [0.2, 0.25) is 0 Å². The molecule has 0 aliphatic rings. The highest BCUT2D eigenvalue weighted by Crippen LogP contribution is 2.22. The van der Waals surface area contributed by atoms with Crippen LogP contribution in [0.4, 0.5) is 0 Å². The minimum absolute atomic E-state index is 0.00849. The zero-order valence-electron chi connectivity index (χ0n) is 11.1. The third-order valence-corrected chi connectivity index (χ3v) is 2.94. The van der Waals surface area contributed by atoms with Gasteiger partial charge in [0.1, 0.15) is 5.78 Å². The molecule has 3 nitrogen and oxygen atoms in total. The van der Waals surface area contributed by atoms with E-state index in [1.54, 1.807) is 0 Å². The van der Waals surface area contributed by atoms with Crippen LogP contribution in [0.1, 0.15) is 32.8 Å². The Labute approximate surface area is 108 Å². The number of carbonyl (C=O) groups excluding carboxylic acids is 1. The highest BCUT2D eigenvalue weighted by Gasteiger charge is 2.28. The summed E-state index contributed by atoms with van der Waals surface area (Å²) in [6, 6.07) is 9.41. The third kappa shape index (κ3) is 4.32. The molecule has 1 aromatic carbocycles. The summed E-state index contributed by atoms with van der Waals surface area (Å²) in [6.07, 6.45) is 0.492. The standard InChI is InChI=1S/C15H20O3/c1-15(2,3)13(16)10-12(14(17)18)9-11-7-5-4-6-8-11/h4-8,12H,9-10H2,1-3H3,(H,17,18)/t12-/m0/s1. The molecule has 0 fully saturated rings. The SMILES string of the molecule is CC(C)(C)C(=O)C[C@H](Cc1ccccc1)C(=O)O. The fourth-order valence-corrected chi connectivity index (χ4v) is 1.68. The molecule has 0 radical (unpaired) electrons. The van der Waals surface area contributed by atoms with E-state index in [9.17, 15) is 14.7 Å². The number of benzene rings is 1. The van der Waals surface area contributed by atoms with Gasteiger partial charge in [0, 0.05) is 11.8 Å². The molecule has 0 aliphatic heterocycles. The largest absolute Gasteiger partial charge is 0.481 e. The Bertz CT molecular complexity index is 415. The van der Waals surface area contributed by atoms with Crippen molar-refractivity contribution in [1.29, 1.82) is 0 Å². The normalized spacial score (nSPS) is 13.1. The molecule has 0 spiro atoms. The van der Waals surface area contributed by atoms with E-state index in [2.05, 4.69) is 0 Å². The smallest absolute Gasteiger partial charge is 0.307 e. The molecule has 0 unspecified atom stereocenters. The van der Waals surface area contributed by atoms with Crippen LogP contribution in [0.15, 0.2) is 30.3 Å². The fraction of sp³-hybridized carbons (Fsp3) is 0.467. The average Bonchev–Trinajstić information content (AvgIpc) is 2.28. The van der Waals surface area contributed by atoms with Crippen LogP contribution in [0.25, 0.3) is 0 Å². The summed E-state index contributed by atoms with van der Waals surface area (Å²) in [5.41, 5.74) is 0.469. The lowest BCUT2D eigenvalue weighted by Crippen LogP contribution is -2.27. The second-order valence-electron chi connectivity index (χ2n) is 5.60. The summed E-state index contributed by atoms with van der Waals surface area (Å²) in [5.74, 6) is -1.55. The van der Waals surface area contributed by atoms with Gasteiger partial charge in [0.25, 0.3) is 0 Å². The Morgan fingerprint density at radius 2 is 1.72 bits per heavy atom. The van der Waals surface area contributed by atoms with E-state index in [-0.39, 0.29) is 12.2 Å². The zero-order valence-corrected chi connectivity index (χ0v) is 11.1. The number of carbonyl (C=O) groups is 2. The lowest BCUT2D eigenvalue weighted by Gasteiger charge is -2.19. The molecule has 1 rings (SSSR count). The molecule has 1 aromatic rings. The maximum atomic E-state index is 11.9. The molecular formula is C15H20O3. The lowest BCUT2D eigenvalue weighted by atomic mass is 9.83. The molecule has 98 valence electrons. The number of hydrogen-bond donors (Lipinski definition) is 1. The maximum Gasteiger partial charge on any atom is 0.307 e. The van der Waals surface area contributed by atoms with Gasteiger partial charge in [-0.3, -0.25) is 9.59 Å². The van der Waals surface area contributed by atoms with Gasteiger partial charge in [0.15, 0.2) is 0 Å². The van der Waals surface area contributed by atoms with Crippen molar-refractivity contribution in [3.63, 3.8) is 0 Å². The molecule has 18 heavy (non-hydrogen) atoms. The van der Waals surface area contributed by atoms with Crippen LogP contribution in [-0.4, -0.2) is 16.9 Å². The average molecular weight is 248 g/mol. The van der Waals surface area contributed by atoms with Crippen molar-refractivity contribution in [3.8, 4) is 0 Å². The van der Waals surface area contributed by atoms with Crippen molar-refractivity contribution in [3.05, 3.63) is 35.9 Å². The van der Waals surface area contributed by atoms with Crippen molar-refractivity contribution in [2.45, 2.75) is 33.6 Å². The van der Waals surface area contributed by atoms with E-state index in [4.69, 9.17) is 0 Å². The van der Waals surface area contributed by atoms with E-state index in [1.165, 1.54) is 0 Å². The Morgan fingerprint density at radius 1 is 1.17 bits per heavy atom. The predicted octanol–water partition coefficient (Wildman–Crippen LogP) is 2.94. The van der Waals surface area contributed by atoms with Crippen molar-refractivity contribution >= 4 is 11.8 Å². The van der Waals surface area contributed by atoms with Gasteiger partial charge in [-0.15, -0.1) is 0 Å². The number of ketones is 1. The molecule has 0 aliphatic carbocycles. The first kappa shape index (κ1) is 14.4. The van der Waals surface area contributed by atoms with Gasteiger partial charge in [-0.05, 0) is 12.0 Å². The second kappa shape index (κ2) is 5.80. The van der Waals surface area contributed by atoms with E-state index in [0.29, 0.717) is 6.42 Å². The number of hydrogen-bond acceptors (Lipinski definition) is 2. The minimum Gasteiger partial charge on any atom is -0.481 e. The molecule has 3 heteroatoms. The number of Topliss-reactive ketones (excluding diaryl/α,β-unsaturated/α-hetero) is 1. The minimum atomic E-state index is -0.906. The summed E-state index contributed by atoms with van der Waals surface area (Å²) in [4.78, 5) is 23.1. The van der Waals surface area contributed by atoms with Gasteiger partial charge in [-0.1, -0.05) is 51.1 Å². The summed E-state index contributed by atoms with van der Waals surface area (Å²) >= 11 is 0. The van der Waals surface area contributed by atoms with Crippen LogP contribution in [0.5, 0.6) is 0 Å². The summed E-state index contributed by atoms with van der Waals surface area (Å²) in [5, 5.41) is 9.20. The van der Waals surface area contributed by atoms with Crippen LogP contribution in [0.2, 0.25) is 0 Å². The van der Waals surface area contributed by atoms with Gasteiger partial charge in [-0.25, -0.2) is 0 Å². The molecular weight excluding hydrogens is 228 g/mol. The van der Waals surface area contributed by atoms with Crippen molar-refractivity contribution < 1.29 is 14.7 Å². The molecule has 0 heterocycles. The van der Waals surface area contributed by atoms with Crippen molar-refractivity contribution in [2.24, 2.45) is 11.3 Å². The zero-order chi connectivity index (χ0) is 13.8.